The van der Waals surface area contributed by atoms with E-state index in [1.165, 1.54) is 6.92 Å². The lowest BCUT2D eigenvalue weighted by Gasteiger charge is -2.02. The summed E-state index contributed by atoms with van der Waals surface area (Å²) < 4.78 is 0. The number of hydrogen-bond donors (Lipinski definition) is 0. The van der Waals surface area contributed by atoms with Gasteiger partial charge in [0.2, 0.25) is 0 Å². The first-order chi connectivity index (χ1) is 8.15. The molecule has 0 fully saturated rings. The fourth-order valence-corrected chi connectivity index (χ4v) is 1.81. The van der Waals surface area contributed by atoms with E-state index in [4.69, 9.17) is 0 Å². The summed E-state index contributed by atoms with van der Waals surface area (Å²) in [6, 6.07) is 7.73. The SMILES string of the molecule is CC(=O)CC(=O)Cc1ccc2cnccc2c1. The van der Waals surface area contributed by atoms with Gasteiger partial charge in [-0.3, -0.25) is 14.6 Å². The molecule has 3 heteroatoms. The van der Waals surface area contributed by atoms with Crippen molar-refractivity contribution in [1.29, 1.82) is 0 Å². The first-order valence-electron chi connectivity index (χ1n) is 5.49. The number of hydrogen-bond acceptors (Lipinski definition) is 3. The fraction of sp³-hybridized carbons (Fsp3) is 0.214. The van der Waals surface area contributed by atoms with Crippen molar-refractivity contribution in [2.75, 3.05) is 0 Å². The van der Waals surface area contributed by atoms with E-state index < -0.39 is 0 Å². The zero-order valence-electron chi connectivity index (χ0n) is 9.64. The number of fused-ring (bicyclic) bond motifs is 1. The fourth-order valence-electron chi connectivity index (χ4n) is 1.81. The first-order valence-corrected chi connectivity index (χ1v) is 5.49. The van der Waals surface area contributed by atoms with E-state index in [1.54, 1.807) is 12.4 Å². The van der Waals surface area contributed by atoms with Crippen LogP contribution < -0.4 is 0 Å². The van der Waals surface area contributed by atoms with Gasteiger partial charge in [0, 0.05) is 24.2 Å². The normalized spacial score (nSPS) is 10.4. The molecule has 0 atom stereocenters. The number of carbonyl (C=O) groups is 2. The topological polar surface area (TPSA) is 47.0 Å². The molecular weight excluding hydrogens is 214 g/mol. The molecule has 0 saturated carbocycles. The summed E-state index contributed by atoms with van der Waals surface area (Å²) in [7, 11) is 0. The van der Waals surface area contributed by atoms with Gasteiger partial charge in [0.25, 0.3) is 0 Å². The van der Waals surface area contributed by atoms with Crippen LogP contribution in [0.5, 0.6) is 0 Å². The van der Waals surface area contributed by atoms with Crippen LogP contribution in [0.3, 0.4) is 0 Å². The average molecular weight is 227 g/mol. The molecule has 1 heterocycles. The number of rotatable bonds is 4. The zero-order valence-corrected chi connectivity index (χ0v) is 9.64. The van der Waals surface area contributed by atoms with Gasteiger partial charge in [-0.25, -0.2) is 0 Å². The summed E-state index contributed by atoms with van der Waals surface area (Å²) in [5, 5.41) is 2.11. The van der Waals surface area contributed by atoms with Crippen LogP contribution in [0.1, 0.15) is 18.9 Å². The molecule has 3 nitrogen and oxygen atoms in total. The van der Waals surface area contributed by atoms with Crippen LogP contribution in [-0.4, -0.2) is 16.6 Å². The molecule has 0 aliphatic rings. The maximum atomic E-state index is 11.5. The molecule has 0 amide bonds. The van der Waals surface area contributed by atoms with Crippen LogP contribution >= 0.6 is 0 Å². The van der Waals surface area contributed by atoms with Crippen molar-refractivity contribution < 1.29 is 9.59 Å². The highest BCUT2D eigenvalue weighted by molar-refractivity contribution is 5.99. The molecule has 0 bridgehead atoms. The maximum absolute atomic E-state index is 11.5. The molecule has 0 unspecified atom stereocenters. The summed E-state index contributed by atoms with van der Waals surface area (Å²) in [5.74, 6) is -0.120. The van der Waals surface area contributed by atoms with Crippen molar-refractivity contribution in [3.05, 3.63) is 42.2 Å². The molecule has 0 aliphatic carbocycles. The van der Waals surface area contributed by atoms with Crippen molar-refractivity contribution in [1.82, 2.24) is 4.98 Å². The van der Waals surface area contributed by atoms with E-state index in [1.807, 2.05) is 24.3 Å². The van der Waals surface area contributed by atoms with E-state index in [9.17, 15) is 9.59 Å². The summed E-state index contributed by atoms with van der Waals surface area (Å²) in [6.07, 6.45) is 3.85. The van der Waals surface area contributed by atoms with Crippen LogP contribution in [-0.2, 0) is 16.0 Å². The van der Waals surface area contributed by atoms with Crippen LogP contribution in [0, 0.1) is 0 Å². The van der Waals surface area contributed by atoms with Crippen LogP contribution in [0.15, 0.2) is 36.7 Å². The lowest BCUT2D eigenvalue weighted by molar-refractivity contribution is -0.125. The number of Topliss-reactive ketones (excluding diaryl/α,β-unsaturated/α-hetero) is 2. The second kappa shape index (κ2) is 4.87. The molecule has 0 spiro atoms. The van der Waals surface area contributed by atoms with Crippen molar-refractivity contribution in [2.24, 2.45) is 0 Å². The molecule has 86 valence electrons. The standard InChI is InChI=1S/C14H13NO2/c1-10(16)6-14(17)8-11-2-3-13-9-15-5-4-12(13)7-11/h2-5,7,9H,6,8H2,1H3. The number of ketones is 2. The molecule has 2 rings (SSSR count). The second-order valence-electron chi connectivity index (χ2n) is 4.15. The number of pyridine rings is 1. The van der Waals surface area contributed by atoms with Gasteiger partial charge < -0.3 is 0 Å². The number of benzene rings is 1. The Bertz CT molecular complexity index is 575. The maximum Gasteiger partial charge on any atom is 0.144 e. The van der Waals surface area contributed by atoms with Gasteiger partial charge in [-0.1, -0.05) is 18.2 Å². The molecule has 0 aliphatic heterocycles. The van der Waals surface area contributed by atoms with Crippen LogP contribution in [0.25, 0.3) is 10.8 Å². The highest BCUT2D eigenvalue weighted by Gasteiger charge is 2.07. The van der Waals surface area contributed by atoms with Gasteiger partial charge >= 0.3 is 0 Å². The van der Waals surface area contributed by atoms with Crippen molar-refractivity contribution >= 4 is 22.3 Å². The Morgan fingerprint density at radius 1 is 1.18 bits per heavy atom. The van der Waals surface area contributed by atoms with E-state index in [0.29, 0.717) is 6.42 Å². The number of nitrogens with zero attached hydrogens (tertiary/aromatic N) is 1. The minimum absolute atomic E-state index is 0.0222. The third kappa shape index (κ3) is 2.97. The molecule has 1 aromatic carbocycles. The number of carbonyl (C=O) groups excluding carboxylic acids is 2. The lowest BCUT2D eigenvalue weighted by atomic mass is 10.0. The van der Waals surface area contributed by atoms with Crippen molar-refractivity contribution in [2.45, 2.75) is 19.8 Å². The minimum atomic E-state index is -0.0833. The predicted molar refractivity (Wildman–Crippen MR) is 65.8 cm³/mol. The monoisotopic (exact) mass is 227 g/mol. The quantitative estimate of drug-likeness (QED) is 0.753. The Hall–Kier alpha value is -2.03. The highest BCUT2D eigenvalue weighted by Crippen LogP contribution is 2.15. The average Bonchev–Trinajstić information content (AvgIpc) is 2.27. The van der Waals surface area contributed by atoms with Gasteiger partial charge in [0.05, 0.1) is 6.42 Å². The second-order valence-corrected chi connectivity index (χ2v) is 4.15. The Morgan fingerprint density at radius 2 is 2.00 bits per heavy atom. The smallest absolute Gasteiger partial charge is 0.144 e. The van der Waals surface area contributed by atoms with E-state index in [-0.39, 0.29) is 18.0 Å². The minimum Gasteiger partial charge on any atom is -0.300 e. The zero-order chi connectivity index (χ0) is 12.3. The Morgan fingerprint density at radius 3 is 2.76 bits per heavy atom. The largest absolute Gasteiger partial charge is 0.300 e. The lowest BCUT2D eigenvalue weighted by Crippen LogP contribution is -2.07. The predicted octanol–water partition coefficient (Wildman–Crippen LogP) is 2.33. The Labute approximate surface area is 99.5 Å². The molecular formula is C14H13NO2. The van der Waals surface area contributed by atoms with Crippen LogP contribution in [0.4, 0.5) is 0 Å². The van der Waals surface area contributed by atoms with Gasteiger partial charge in [0.15, 0.2) is 0 Å². The van der Waals surface area contributed by atoms with Crippen molar-refractivity contribution in [3.8, 4) is 0 Å². The summed E-state index contributed by atoms with van der Waals surface area (Å²) >= 11 is 0. The number of aromatic nitrogens is 1. The van der Waals surface area contributed by atoms with Gasteiger partial charge in [0.1, 0.15) is 11.6 Å². The summed E-state index contributed by atoms with van der Waals surface area (Å²) in [5.41, 5.74) is 0.940. The van der Waals surface area contributed by atoms with E-state index in [2.05, 4.69) is 4.98 Å². The summed E-state index contributed by atoms with van der Waals surface area (Å²) in [6.45, 7) is 1.43. The van der Waals surface area contributed by atoms with Gasteiger partial charge in [-0.15, -0.1) is 0 Å². The molecule has 0 N–H and O–H groups in total. The summed E-state index contributed by atoms with van der Waals surface area (Å²) in [4.78, 5) is 26.4. The Kier molecular flexibility index (Phi) is 3.28. The van der Waals surface area contributed by atoms with Gasteiger partial charge in [-0.05, 0) is 23.9 Å². The molecule has 0 saturated heterocycles. The molecule has 17 heavy (non-hydrogen) atoms. The molecule has 2 aromatic rings. The first kappa shape index (κ1) is 11.5. The molecule has 1 aromatic heterocycles. The third-order valence-corrected chi connectivity index (χ3v) is 2.55. The van der Waals surface area contributed by atoms with Crippen LogP contribution in [0.2, 0.25) is 0 Å². The van der Waals surface area contributed by atoms with E-state index in [0.717, 1.165) is 16.3 Å². The van der Waals surface area contributed by atoms with Gasteiger partial charge in [-0.2, -0.15) is 0 Å². The molecule has 0 radical (unpaired) electrons. The van der Waals surface area contributed by atoms with E-state index >= 15 is 0 Å². The third-order valence-electron chi connectivity index (χ3n) is 2.55. The van der Waals surface area contributed by atoms with Crippen molar-refractivity contribution in [3.63, 3.8) is 0 Å². The highest BCUT2D eigenvalue weighted by atomic mass is 16.1. The Balaban J connectivity index is 2.19.